The van der Waals surface area contributed by atoms with Crippen LogP contribution in [0, 0.1) is 0 Å². The number of carbonyl (C=O) groups excluding carboxylic acids is 1. The average Bonchev–Trinajstić information content (AvgIpc) is 2.91. The van der Waals surface area contributed by atoms with Gasteiger partial charge in [-0.2, -0.15) is 26.3 Å². The first-order chi connectivity index (χ1) is 12.3. The number of halogens is 6. The molecule has 2 unspecified atom stereocenters. The molecular formula is C16H15F6NO3S. The lowest BCUT2D eigenvalue weighted by Gasteiger charge is -2.21. The van der Waals surface area contributed by atoms with E-state index in [1.807, 2.05) is 0 Å². The van der Waals surface area contributed by atoms with Crippen molar-refractivity contribution in [3.8, 4) is 0 Å². The number of alkyl halides is 6. The summed E-state index contributed by atoms with van der Waals surface area (Å²) in [5.74, 6) is -1.83. The molecule has 0 aliphatic carbocycles. The molecule has 1 aliphatic rings. The fourth-order valence-corrected chi connectivity index (χ4v) is 3.85. The number of hydrogen-bond acceptors (Lipinski definition) is 3. The molecule has 4 nitrogen and oxygen atoms in total. The maximum atomic E-state index is 13.0. The Morgan fingerprint density at radius 3 is 2.11 bits per heavy atom. The Morgan fingerprint density at radius 2 is 1.70 bits per heavy atom. The summed E-state index contributed by atoms with van der Waals surface area (Å²) in [5, 5.41) is 7.34. The fourth-order valence-electron chi connectivity index (χ4n) is 2.66. The molecule has 1 aromatic rings. The van der Waals surface area contributed by atoms with E-state index >= 15 is 0 Å². The van der Waals surface area contributed by atoms with Crippen LogP contribution in [0.25, 0.3) is 0 Å². The quantitative estimate of drug-likeness (QED) is 0.724. The van der Waals surface area contributed by atoms with Gasteiger partial charge < -0.3 is 10.0 Å². The van der Waals surface area contributed by atoms with Crippen LogP contribution in [0.4, 0.5) is 32.0 Å². The van der Waals surface area contributed by atoms with Gasteiger partial charge in [0.1, 0.15) is 5.25 Å². The fraction of sp³-hybridized carbons (Fsp3) is 0.500. The summed E-state index contributed by atoms with van der Waals surface area (Å²) in [7, 11) is 0. The van der Waals surface area contributed by atoms with Gasteiger partial charge in [-0.1, -0.05) is 6.92 Å². The highest BCUT2D eigenvalue weighted by Gasteiger charge is 2.40. The Bertz CT molecular complexity index is 702. The van der Waals surface area contributed by atoms with E-state index in [1.165, 1.54) is 0 Å². The minimum atomic E-state index is -5.01. The second-order valence-electron chi connectivity index (χ2n) is 5.90. The molecule has 1 fully saturated rings. The zero-order chi connectivity index (χ0) is 20.6. The topological polar surface area (TPSA) is 57.6 Å². The van der Waals surface area contributed by atoms with E-state index < -0.39 is 51.5 Å². The minimum absolute atomic E-state index is 0.00613. The Kier molecular flexibility index (Phi) is 6.03. The molecule has 1 saturated heterocycles. The van der Waals surface area contributed by atoms with Crippen molar-refractivity contribution < 1.29 is 41.0 Å². The number of benzene rings is 1. The van der Waals surface area contributed by atoms with Gasteiger partial charge in [-0.3, -0.25) is 9.59 Å². The first kappa shape index (κ1) is 21.4. The van der Waals surface area contributed by atoms with Gasteiger partial charge in [-0.05, 0) is 31.0 Å². The Balaban J connectivity index is 2.35. The van der Waals surface area contributed by atoms with Crippen LogP contribution < -0.4 is 4.90 Å². The lowest BCUT2D eigenvalue weighted by Crippen LogP contribution is -2.30. The van der Waals surface area contributed by atoms with Crippen molar-refractivity contribution in [3.63, 3.8) is 0 Å². The van der Waals surface area contributed by atoms with E-state index in [0.29, 0.717) is 12.1 Å². The smallest absolute Gasteiger partial charge is 0.416 e. The molecule has 0 spiro atoms. The van der Waals surface area contributed by atoms with Gasteiger partial charge in [0.05, 0.1) is 16.4 Å². The van der Waals surface area contributed by atoms with Gasteiger partial charge in [0, 0.05) is 12.2 Å². The summed E-state index contributed by atoms with van der Waals surface area (Å²) >= 11 is 0.851. The number of carboxylic acid groups (broad SMARTS) is 1. The van der Waals surface area contributed by atoms with Gasteiger partial charge in [0.25, 0.3) is 0 Å². The zero-order valence-electron chi connectivity index (χ0n) is 13.9. The average molecular weight is 415 g/mol. The van der Waals surface area contributed by atoms with Gasteiger partial charge >= 0.3 is 18.3 Å². The molecule has 1 heterocycles. The van der Waals surface area contributed by atoms with Crippen LogP contribution >= 0.6 is 11.8 Å². The number of amides is 1. The van der Waals surface area contributed by atoms with E-state index in [0.717, 1.165) is 16.7 Å². The molecule has 0 aromatic heterocycles. The number of thioether (sulfide) groups is 1. The van der Waals surface area contributed by atoms with Gasteiger partial charge in [0.15, 0.2) is 0 Å². The van der Waals surface area contributed by atoms with Gasteiger partial charge in [0.2, 0.25) is 5.91 Å². The van der Waals surface area contributed by atoms with Crippen molar-refractivity contribution >= 4 is 29.3 Å². The van der Waals surface area contributed by atoms with Crippen molar-refractivity contribution in [2.75, 3.05) is 11.4 Å². The maximum Gasteiger partial charge on any atom is 0.416 e. The number of nitrogens with zero attached hydrogens (tertiary/aromatic N) is 1. The SMILES string of the molecule is CCC(SC1CCN(c2cc(C(F)(F)F)cc(C(F)(F)F)c2)C1=O)C(=O)O. The molecule has 1 aromatic carbocycles. The van der Waals surface area contributed by atoms with Crippen LogP contribution in [0.15, 0.2) is 18.2 Å². The Morgan fingerprint density at radius 1 is 1.19 bits per heavy atom. The van der Waals surface area contributed by atoms with E-state index in [2.05, 4.69) is 0 Å². The number of aliphatic carboxylic acids is 1. The summed E-state index contributed by atoms with van der Waals surface area (Å²) in [6.07, 6.45) is -9.66. The summed E-state index contributed by atoms with van der Waals surface area (Å²) in [4.78, 5) is 24.4. The zero-order valence-corrected chi connectivity index (χ0v) is 14.7. The van der Waals surface area contributed by atoms with Crippen molar-refractivity contribution in [1.29, 1.82) is 0 Å². The molecule has 0 saturated carbocycles. The van der Waals surface area contributed by atoms with Crippen LogP contribution in [0.5, 0.6) is 0 Å². The van der Waals surface area contributed by atoms with Gasteiger partial charge in [-0.25, -0.2) is 0 Å². The second kappa shape index (κ2) is 7.61. The minimum Gasteiger partial charge on any atom is -0.480 e. The maximum absolute atomic E-state index is 13.0. The van der Waals surface area contributed by atoms with E-state index in [9.17, 15) is 35.9 Å². The van der Waals surface area contributed by atoms with Crippen LogP contribution in [0.3, 0.4) is 0 Å². The normalized spacial score (nSPS) is 19.4. The predicted molar refractivity (Wildman–Crippen MR) is 86.5 cm³/mol. The molecule has 2 atom stereocenters. The van der Waals surface area contributed by atoms with E-state index in [4.69, 9.17) is 5.11 Å². The molecule has 1 amide bonds. The number of rotatable bonds is 5. The van der Waals surface area contributed by atoms with Crippen LogP contribution in [-0.4, -0.2) is 34.0 Å². The summed E-state index contributed by atoms with van der Waals surface area (Å²) in [5.41, 5.74) is -3.52. The summed E-state index contributed by atoms with van der Waals surface area (Å²) in [6, 6.07) is 0.983. The standard InChI is InChI=1S/C16H15F6NO3S/c1-2-11(14(25)26)27-12-3-4-23(13(12)24)10-6-8(15(17,18)19)5-9(7-10)16(20,21)22/h5-7,11-12H,2-4H2,1H3,(H,25,26). The number of anilines is 1. The highest BCUT2D eigenvalue weighted by molar-refractivity contribution is 8.01. The van der Waals surface area contributed by atoms with Gasteiger partial charge in [-0.15, -0.1) is 11.8 Å². The highest BCUT2D eigenvalue weighted by atomic mass is 32.2. The summed E-state index contributed by atoms with van der Waals surface area (Å²) < 4.78 is 77.8. The van der Waals surface area contributed by atoms with E-state index in [-0.39, 0.29) is 25.5 Å². The van der Waals surface area contributed by atoms with Crippen molar-refractivity contribution in [2.24, 2.45) is 0 Å². The first-order valence-electron chi connectivity index (χ1n) is 7.83. The monoisotopic (exact) mass is 415 g/mol. The lowest BCUT2D eigenvalue weighted by atomic mass is 10.1. The Hall–Kier alpha value is -1.91. The van der Waals surface area contributed by atoms with Crippen molar-refractivity contribution in [1.82, 2.24) is 0 Å². The third-order valence-corrected chi connectivity index (χ3v) is 5.64. The molecule has 1 N–H and O–H groups in total. The van der Waals surface area contributed by atoms with Crippen LogP contribution in [-0.2, 0) is 21.9 Å². The molecule has 2 rings (SSSR count). The molecular weight excluding hydrogens is 400 g/mol. The second-order valence-corrected chi connectivity index (χ2v) is 7.31. The lowest BCUT2D eigenvalue weighted by molar-refractivity contribution is -0.143. The molecule has 0 bridgehead atoms. The number of carbonyl (C=O) groups is 2. The third kappa shape index (κ3) is 4.88. The number of hydrogen-bond donors (Lipinski definition) is 1. The molecule has 150 valence electrons. The van der Waals surface area contributed by atoms with E-state index in [1.54, 1.807) is 6.92 Å². The molecule has 27 heavy (non-hydrogen) atoms. The third-order valence-electron chi connectivity index (χ3n) is 4.02. The Labute approximate surface area is 154 Å². The largest absolute Gasteiger partial charge is 0.480 e. The molecule has 0 radical (unpaired) electrons. The predicted octanol–water partition coefficient (Wildman–Crippen LogP) is 4.43. The van der Waals surface area contributed by atoms with Crippen LogP contribution in [0.2, 0.25) is 0 Å². The summed E-state index contributed by atoms with van der Waals surface area (Å²) in [6.45, 7) is 1.51. The van der Waals surface area contributed by atoms with Crippen molar-refractivity contribution in [2.45, 2.75) is 42.6 Å². The first-order valence-corrected chi connectivity index (χ1v) is 8.78. The molecule has 1 aliphatic heterocycles. The highest BCUT2D eigenvalue weighted by Crippen LogP contribution is 2.40. The van der Waals surface area contributed by atoms with Crippen LogP contribution in [0.1, 0.15) is 30.9 Å². The number of carboxylic acids is 1. The molecule has 11 heteroatoms. The van der Waals surface area contributed by atoms with Crippen molar-refractivity contribution in [3.05, 3.63) is 29.3 Å².